The quantitative estimate of drug-likeness (QED) is 0.449. The highest BCUT2D eigenvalue weighted by Gasteiger charge is 1.97. The average Bonchev–Trinajstić information content (AvgIpc) is 2.41. The van der Waals surface area contributed by atoms with Gasteiger partial charge in [0, 0.05) is 32.9 Å². The van der Waals surface area contributed by atoms with Crippen molar-refractivity contribution in [3.63, 3.8) is 0 Å². The molecule has 0 heterocycles. The third-order valence-corrected chi connectivity index (χ3v) is 2.91. The maximum Gasteiger partial charge on any atom is 0.188 e. The van der Waals surface area contributed by atoms with Crippen LogP contribution in [0, 0.1) is 0 Å². The van der Waals surface area contributed by atoms with E-state index >= 15 is 0 Å². The van der Waals surface area contributed by atoms with E-state index in [-0.39, 0.29) is 0 Å². The number of benzene rings is 1. The Labute approximate surface area is 116 Å². The first-order valence-electron chi connectivity index (χ1n) is 6.93. The van der Waals surface area contributed by atoms with Gasteiger partial charge in [0.05, 0.1) is 0 Å². The molecule has 0 fully saturated rings. The second-order valence-corrected chi connectivity index (χ2v) is 4.86. The molecule has 106 valence electrons. The number of nitrogens with one attached hydrogen (secondary N) is 1. The van der Waals surface area contributed by atoms with Gasteiger partial charge in [-0.25, -0.2) is 0 Å². The van der Waals surface area contributed by atoms with E-state index in [2.05, 4.69) is 60.5 Å². The van der Waals surface area contributed by atoms with E-state index in [1.54, 1.807) is 0 Å². The number of guanidine groups is 1. The normalized spacial score (nSPS) is 11.4. The molecule has 0 radical (unpaired) electrons. The first kappa shape index (κ1) is 15.3. The predicted molar refractivity (Wildman–Crippen MR) is 83.9 cm³/mol. The van der Waals surface area contributed by atoms with Crippen molar-refractivity contribution in [2.75, 3.05) is 32.1 Å². The number of aliphatic imine (C=N–C) groups is 1. The fourth-order valence-electron chi connectivity index (χ4n) is 1.76. The minimum absolute atomic E-state index is 0.560. The van der Waals surface area contributed by atoms with Crippen LogP contribution in [0.5, 0.6) is 0 Å². The van der Waals surface area contributed by atoms with Gasteiger partial charge in [-0.15, -0.1) is 0 Å². The van der Waals surface area contributed by atoms with E-state index in [0.29, 0.717) is 5.96 Å². The predicted octanol–water partition coefficient (Wildman–Crippen LogP) is 2.00. The molecule has 0 aliphatic heterocycles. The van der Waals surface area contributed by atoms with Crippen LogP contribution in [0.3, 0.4) is 0 Å². The maximum absolute atomic E-state index is 5.73. The summed E-state index contributed by atoms with van der Waals surface area (Å²) in [6.07, 6.45) is 3.14. The Bertz CT molecular complexity index is 382. The fraction of sp³-hybridized carbons (Fsp3) is 0.533. The summed E-state index contributed by atoms with van der Waals surface area (Å²) in [4.78, 5) is 6.30. The van der Waals surface area contributed by atoms with Crippen molar-refractivity contribution >= 4 is 11.6 Å². The van der Waals surface area contributed by atoms with Gasteiger partial charge in [0.25, 0.3) is 0 Å². The summed E-state index contributed by atoms with van der Waals surface area (Å²) in [6.45, 7) is 3.76. The Morgan fingerprint density at radius 1 is 1.26 bits per heavy atom. The van der Waals surface area contributed by atoms with Gasteiger partial charge in [0.1, 0.15) is 0 Å². The zero-order valence-corrected chi connectivity index (χ0v) is 12.3. The summed E-state index contributed by atoms with van der Waals surface area (Å²) in [5.74, 6) is 0.560. The third kappa shape index (κ3) is 6.13. The zero-order chi connectivity index (χ0) is 14.1. The van der Waals surface area contributed by atoms with Crippen molar-refractivity contribution in [2.24, 2.45) is 10.7 Å². The first-order chi connectivity index (χ1) is 9.13. The molecule has 0 unspecified atom stereocenters. The van der Waals surface area contributed by atoms with E-state index in [0.717, 1.165) is 32.4 Å². The van der Waals surface area contributed by atoms with Crippen molar-refractivity contribution < 1.29 is 0 Å². The van der Waals surface area contributed by atoms with Crippen LogP contribution < -0.4 is 16.0 Å². The Morgan fingerprint density at radius 3 is 2.53 bits per heavy atom. The fourth-order valence-corrected chi connectivity index (χ4v) is 1.76. The van der Waals surface area contributed by atoms with Crippen molar-refractivity contribution in [2.45, 2.75) is 26.2 Å². The van der Waals surface area contributed by atoms with Crippen molar-refractivity contribution in [1.29, 1.82) is 0 Å². The molecule has 19 heavy (non-hydrogen) atoms. The highest BCUT2D eigenvalue weighted by molar-refractivity contribution is 5.77. The van der Waals surface area contributed by atoms with Crippen LogP contribution in [0.15, 0.2) is 29.3 Å². The summed E-state index contributed by atoms with van der Waals surface area (Å²) in [5.41, 5.74) is 8.32. The highest BCUT2D eigenvalue weighted by atomic mass is 15.1. The molecule has 0 aliphatic rings. The maximum atomic E-state index is 5.73. The molecule has 0 spiro atoms. The molecule has 0 atom stereocenters. The first-order valence-corrected chi connectivity index (χ1v) is 6.93. The van der Waals surface area contributed by atoms with E-state index in [1.165, 1.54) is 11.3 Å². The van der Waals surface area contributed by atoms with E-state index in [4.69, 9.17) is 5.73 Å². The monoisotopic (exact) mass is 262 g/mol. The van der Waals surface area contributed by atoms with Gasteiger partial charge in [-0.2, -0.15) is 0 Å². The Morgan fingerprint density at radius 2 is 1.95 bits per heavy atom. The molecule has 3 N–H and O–H groups in total. The lowest BCUT2D eigenvalue weighted by molar-refractivity contribution is 0.764. The van der Waals surface area contributed by atoms with E-state index in [9.17, 15) is 0 Å². The van der Waals surface area contributed by atoms with Crippen molar-refractivity contribution in [3.8, 4) is 0 Å². The molecule has 0 saturated carbocycles. The van der Waals surface area contributed by atoms with E-state index < -0.39 is 0 Å². The molecule has 0 amide bonds. The Hall–Kier alpha value is -1.71. The number of aryl methyl sites for hydroxylation is 1. The number of hydrogen-bond donors (Lipinski definition) is 2. The summed E-state index contributed by atoms with van der Waals surface area (Å²) < 4.78 is 0. The highest BCUT2D eigenvalue weighted by Crippen LogP contribution is 2.13. The lowest BCUT2D eigenvalue weighted by Gasteiger charge is -2.12. The summed E-state index contributed by atoms with van der Waals surface area (Å²) in [5, 5.41) is 3.14. The number of hydrogen-bond acceptors (Lipinski definition) is 2. The molecule has 0 aromatic heterocycles. The third-order valence-electron chi connectivity index (χ3n) is 2.91. The van der Waals surface area contributed by atoms with Gasteiger partial charge in [0.2, 0.25) is 0 Å². The summed E-state index contributed by atoms with van der Waals surface area (Å²) >= 11 is 0. The molecule has 4 heteroatoms. The van der Waals surface area contributed by atoms with Crippen LogP contribution in [0.25, 0.3) is 0 Å². The van der Waals surface area contributed by atoms with Crippen molar-refractivity contribution in [1.82, 2.24) is 5.32 Å². The van der Waals surface area contributed by atoms with Gasteiger partial charge in [-0.1, -0.05) is 19.1 Å². The molecule has 0 bridgehead atoms. The summed E-state index contributed by atoms with van der Waals surface area (Å²) in [7, 11) is 4.11. The Balaban J connectivity index is 2.26. The lowest BCUT2D eigenvalue weighted by atomic mass is 10.1. The standard InChI is InChI=1S/C15H26N4/c1-4-11-17-15(16)18-12-5-6-13-7-9-14(10-8-13)19(2)3/h7-10H,4-6,11-12H2,1-3H3,(H3,16,17,18). The van der Waals surface area contributed by atoms with Crippen LogP contribution >= 0.6 is 0 Å². The molecule has 1 rings (SSSR count). The van der Waals surface area contributed by atoms with Crippen LogP contribution in [0.4, 0.5) is 5.69 Å². The second-order valence-electron chi connectivity index (χ2n) is 4.86. The minimum atomic E-state index is 0.560. The van der Waals surface area contributed by atoms with Gasteiger partial charge in [-0.05, 0) is 37.0 Å². The largest absolute Gasteiger partial charge is 0.378 e. The van der Waals surface area contributed by atoms with Gasteiger partial charge in [0.15, 0.2) is 5.96 Å². The molecule has 1 aromatic carbocycles. The number of nitrogens with two attached hydrogens (primary N) is 1. The molecular weight excluding hydrogens is 236 g/mol. The number of anilines is 1. The second kappa shape index (κ2) is 8.40. The molecule has 0 aliphatic carbocycles. The summed E-state index contributed by atoms with van der Waals surface area (Å²) in [6, 6.07) is 8.67. The molecular formula is C15H26N4. The van der Waals surface area contributed by atoms with Crippen LogP contribution in [-0.4, -0.2) is 33.1 Å². The lowest BCUT2D eigenvalue weighted by Crippen LogP contribution is -2.32. The zero-order valence-electron chi connectivity index (χ0n) is 12.3. The van der Waals surface area contributed by atoms with Crippen molar-refractivity contribution in [3.05, 3.63) is 29.8 Å². The van der Waals surface area contributed by atoms with Crippen LogP contribution in [0.1, 0.15) is 25.3 Å². The number of rotatable bonds is 7. The smallest absolute Gasteiger partial charge is 0.188 e. The van der Waals surface area contributed by atoms with Gasteiger partial charge in [-0.3, -0.25) is 4.99 Å². The van der Waals surface area contributed by atoms with Gasteiger partial charge >= 0.3 is 0 Å². The SMILES string of the molecule is CCCN=C(N)NCCCc1ccc(N(C)C)cc1. The molecule has 4 nitrogen and oxygen atoms in total. The molecule has 0 saturated heterocycles. The minimum Gasteiger partial charge on any atom is -0.378 e. The van der Waals surface area contributed by atoms with Crippen LogP contribution in [0.2, 0.25) is 0 Å². The van der Waals surface area contributed by atoms with E-state index in [1.807, 2.05) is 0 Å². The van der Waals surface area contributed by atoms with Crippen LogP contribution in [-0.2, 0) is 6.42 Å². The topological polar surface area (TPSA) is 53.6 Å². The Kier molecular flexibility index (Phi) is 6.79. The molecule has 1 aromatic rings. The van der Waals surface area contributed by atoms with Gasteiger partial charge < -0.3 is 16.0 Å². The number of nitrogens with zero attached hydrogens (tertiary/aromatic N) is 2. The average molecular weight is 262 g/mol.